The highest BCUT2D eigenvalue weighted by Crippen LogP contribution is 2.38. The van der Waals surface area contributed by atoms with Crippen LogP contribution in [0.4, 0.5) is 5.00 Å². The van der Waals surface area contributed by atoms with Crippen molar-refractivity contribution in [2.75, 3.05) is 37.6 Å². The third-order valence-corrected chi connectivity index (χ3v) is 7.13. The van der Waals surface area contributed by atoms with Gasteiger partial charge in [-0.3, -0.25) is 9.79 Å². The lowest BCUT2D eigenvalue weighted by molar-refractivity contribution is -0.117. The Hall–Kier alpha value is -1.98. The van der Waals surface area contributed by atoms with Gasteiger partial charge in [0.15, 0.2) is 0 Å². The molecule has 0 radical (unpaired) electrons. The van der Waals surface area contributed by atoms with Crippen molar-refractivity contribution in [2.45, 2.75) is 40.0 Å². The minimum atomic E-state index is 0.113. The van der Waals surface area contributed by atoms with Gasteiger partial charge in [-0.2, -0.15) is 0 Å². The average molecular weight is 396 g/mol. The van der Waals surface area contributed by atoms with E-state index in [0.29, 0.717) is 0 Å². The minimum absolute atomic E-state index is 0.113. The number of carbonyl (C=O) groups excluding carboxylic acids is 1. The topological polar surface area (TPSA) is 35.9 Å². The van der Waals surface area contributed by atoms with Crippen LogP contribution in [0.1, 0.15) is 46.4 Å². The third kappa shape index (κ3) is 3.78. The van der Waals surface area contributed by atoms with Crippen LogP contribution in [0.25, 0.3) is 0 Å². The molecule has 1 fully saturated rings. The quantitative estimate of drug-likeness (QED) is 0.772. The number of amides is 1. The first-order valence-electron chi connectivity index (χ1n) is 10.3. The van der Waals surface area contributed by atoms with Crippen molar-refractivity contribution in [3.05, 3.63) is 51.4 Å². The van der Waals surface area contributed by atoms with Crippen LogP contribution in [0.3, 0.4) is 0 Å². The molecule has 0 unspecified atom stereocenters. The standard InChI is InChI=1S/C23H29N3OS/c1-16-8-7-9-19(14-16)22-21-17(2)18(3)28-23(21)26(20(27)15-24-22)13-12-25-10-5-4-6-11-25/h7-9,14H,4-6,10-13,15H2,1-3H3. The molecule has 2 aliphatic heterocycles. The molecule has 3 heterocycles. The maximum atomic E-state index is 13.0. The van der Waals surface area contributed by atoms with E-state index in [2.05, 4.69) is 49.9 Å². The number of likely N-dealkylation sites (tertiary alicyclic amines) is 1. The van der Waals surface area contributed by atoms with Crippen LogP contribution in [-0.4, -0.2) is 49.2 Å². The Morgan fingerprint density at radius 1 is 1.07 bits per heavy atom. The highest BCUT2D eigenvalue weighted by molar-refractivity contribution is 7.17. The molecule has 1 aromatic carbocycles. The highest BCUT2D eigenvalue weighted by Gasteiger charge is 2.29. The highest BCUT2D eigenvalue weighted by atomic mass is 32.1. The Balaban J connectivity index is 1.69. The molecule has 0 N–H and O–H groups in total. The maximum Gasteiger partial charge on any atom is 0.249 e. The lowest BCUT2D eigenvalue weighted by Gasteiger charge is -2.29. The molecule has 1 aromatic heterocycles. The molecule has 1 saturated heterocycles. The summed E-state index contributed by atoms with van der Waals surface area (Å²) in [6, 6.07) is 8.45. The molecule has 4 rings (SSSR count). The second kappa shape index (κ2) is 8.18. The van der Waals surface area contributed by atoms with Gasteiger partial charge in [-0.05, 0) is 58.3 Å². The second-order valence-corrected chi connectivity index (χ2v) is 9.15. The summed E-state index contributed by atoms with van der Waals surface area (Å²) >= 11 is 1.74. The number of thiophene rings is 1. The van der Waals surface area contributed by atoms with E-state index >= 15 is 0 Å². The van der Waals surface area contributed by atoms with E-state index in [1.165, 1.54) is 35.3 Å². The van der Waals surface area contributed by atoms with Gasteiger partial charge in [-0.1, -0.05) is 30.2 Å². The third-order valence-electron chi connectivity index (χ3n) is 5.90. The van der Waals surface area contributed by atoms with Crippen molar-refractivity contribution in [2.24, 2.45) is 4.99 Å². The summed E-state index contributed by atoms with van der Waals surface area (Å²) in [5.74, 6) is 0.113. The smallest absolute Gasteiger partial charge is 0.249 e. The van der Waals surface area contributed by atoms with E-state index in [4.69, 9.17) is 4.99 Å². The molecule has 4 nitrogen and oxygen atoms in total. The summed E-state index contributed by atoms with van der Waals surface area (Å²) in [6.45, 7) is 10.6. The van der Waals surface area contributed by atoms with E-state index in [9.17, 15) is 4.79 Å². The van der Waals surface area contributed by atoms with E-state index < -0.39 is 0 Å². The first kappa shape index (κ1) is 19.3. The first-order valence-corrected chi connectivity index (χ1v) is 11.1. The predicted molar refractivity (Wildman–Crippen MR) is 118 cm³/mol. The molecule has 0 aliphatic carbocycles. The molecule has 0 bridgehead atoms. The molecule has 148 valence electrons. The number of nitrogens with zero attached hydrogens (tertiary/aromatic N) is 3. The molecule has 0 saturated carbocycles. The number of aryl methyl sites for hydroxylation is 2. The molecule has 0 atom stereocenters. The minimum Gasteiger partial charge on any atom is -0.302 e. The van der Waals surface area contributed by atoms with Crippen LogP contribution < -0.4 is 4.90 Å². The zero-order valence-corrected chi connectivity index (χ0v) is 17.9. The van der Waals surface area contributed by atoms with Gasteiger partial charge in [0, 0.05) is 29.1 Å². The fourth-order valence-electron chi connectivity index (χ4n) is 4.18. The lowest BCUT2D eigenvalue weighted by Crippen LogP contribution is -2.41. The molecule has 1 amide bonds. The number of aliphatic imine (C=N–C) groups is 1. The zero-order chi connectivity index (χ0) is 19.7. The molecule has 2 aromatic rings. The van der Waals surface area contributed by atoms with Crippen LogP contribution in [0, 0.1) is 20.8 Å². The Bertz CT molecular complexity index is 909. The van der Waals surface area contributed by atoms with Crippen molar-refractivity contribution >= 4 is 28.0 Å². The van der Waals surface area contributed by atoms with Crippen molar-refractivity contribution in [3.63, 3.8) is 0 Å². The van der Waals surface area contributed by atoms with Gasteiger partial charge < -0.3 is 9.80 Å². The van der Waals surface area contributed by atoms with Gasteiger partial charge in [0.05, 0.1) is 5.71 Å². The number of piperidine rings is 1. The Morgan fingerprint density at radius 3 is 2.61 bits per heavy atom. The summed E-state index contributed by atoms with van der Waals surface area (Å²) in [4.78, 5) is 23.6. The van der Waals surface area contributed by atoms with Crippen molar-refractivity contribution in [1.29, 1.82) is 0 Å². The number of anilines is 1. The monoisotopic (exact) mass is 395 g/mol. The van der Waals surface area contributed by atoms with Crippen molar-refractivity contribution in [1.82, 2.24) is 4.90 Å². The fourth-order valence-corrected chi connectivity index (χ4v) is 5.38. The number of hydrogen-bond acceptors (Lipinski definition) is 4. The summed E-state index contributed by atoms with van der Waals surface area (Å²) < 4.78 is 0. The summed E-state index contributed by atoms with van der Waals surface area (Å²) in [7, 11) is 0. The number of hydrogen-bond donors (Lipinski definition) is 0. The zero-order valence-electron chi connectivity index (χ0n) is 17.1. The van der Waals surface area contributed by atoms with Crippen LogP contribution in [0.2, 0.25) is 0 Å². The summed E-state index contributed by atoms with van der Waals surface area (Å²) in [6.07, 6.45) is 3.88. The molecule has 0 spiro atoms. The molecular weight excluding hydrogens is 366 g/mol. The van der Waals surface area contributed by atoms with Gasteiger partial charge in [0.25, 0.3) is 0 Å². The predicted octanol–water partition coefficient (Wildman–Crippen LogP) is 4.34. The number of benzene rings is 1. The number of rotatable bonds is 4. The van der Waals surface area contributed by atoms with Gasteiger partial charge in [0.2, 0.25) is 5.91 Å². The SMILES string of the molecule is Cc1cccc(C2=NCC(=O)N(CCN3CCCCC3)c3sc(C)c(C)c32)c1. The lowest BCUT2D eigenvalue weighted by atomic mass is 9.98. The van der Waals surface area contributed by atoms with Crippen LogP contribution >= 0.6 is 11.3 Å². The van der Waals surface area contributed by atoms with E-state index in [0.717, 1.165) is 48.0 Å². The van der Waals surface area contributed by atoms with Gasteiger partial charge in [-0.25, -0.2) is 0 Å². The molecule has 28 heavy (non-hydrogen) atoms. The number of carbonyl (C=O) groups is 1. The number of fused-ring (bicyclic) bond motifs is 1. The van der Waals surface area contributed by atoms with Gasteiger partial charge in [-0.15, -0.1) is 11.3 Å². The molecule has 5 heteroatoms. The van der Waals surface area contributed by atoms with Crippen LogP contribution in [-0.2, 0) is 4.79 Å². The maximum absolute atomic E-state index is 13.0. The van der Waals surface area contributed by atoms with E-state index in [-0.39, 0.29) is 12.5 Å². The molecule has 2 aliphatic rings. The van der Waals surface area contributed by atoms with Crippen molar-refractivity contribution < 1.29 is 4.79 Å². The largest absolute Gasteiger partial charge is 0.302 e. The van der Waals surface area contributed by atoms with Gasteiger partial charge >= 0.3 is 0 Å². The van der Waals surface area contributed by atoms with E-state index in [1.54, 1.807) is 11.3 Å². The Morgan fingerprint density at radius 2 is 1.86 bits per heavy atom. The van der Waals surface area contributed by atoms with Gasteiger partial charge in [0.1, 0.15) is 11.5 Å². The van der Waals surface area contributed by atoms with Crippen LogP contribution in [0.15, 0.2) is 29.3 Å². The second-order valence-electron chi connectivity index (χ2n) is 7.95. The molecular formula is C23H29N3OS. The Kier molecular flexibility index (Phi) is 5.65. The normalized spacial score (nSPS) is 18.0. The average Bonchev–Trinajstić information content (AvgIpc) is 2.90. The van der Waals surface area contributed by atoms with Crippen molar-refractivity contribution in [3.8, 4) is 0 Å². The fraction of sp³-hybridized carbons (Fsp3) is 0.478. The Labute approximate surface area is 171 Å². The first-order chi connectivity index (χ1) is 13.5. The summed E-state index contributed by atoms with van der Waals surface area (Å²) in [5, 5.41) is 1.08. The summed E-state index contributed by atoms with van der Waals surface area (Å²) in [5.41, 5.74) is 5.68. The van der Waals surface area contributed by atoms with Crippen LogP contribution in [0.5, 0.6) is 0 Å². The van der Waals surface area contributed by atoms with E-state index in [1.807, 2.05) is 4.90 Å².